The zero-order chi connectivity index (χ0) is 6.31. The van der Waals surface area contributed by atoms with Crippen LogP contribution in [0.5, 0.6) is 0 Å². The van der Waals surface area contributed by atoms with E-state index in [0.717, 1.165) is 17.8 Å². The smallest absolute Gasteiger partial charge is 0.00440 e. The second-order valence-electron chi connectivity index (χ2n) is 3.15. The Labute approximate surface area is 51.3 Å². The summed E-state index contributed by atoms with van der Waals surface area (Å²) in [6.07, 6.45) is 0. The Morgan fingerprint density at radius 3 is 1.62 bits per heavy atom. The van der Waals surface area contributed by atoms with Gasteiger partial charge in [0, 0.05) is 6.04 Å². The van der Waals surface area contributed by atoms with Gasteiger partial charge in [-0.2, -0.15) is 0 Å². The molecule has 8 heavy (non-hydrogen) atoms. The van der Waals surface area contributed by atoms with Crippen LogP contribution in [-0.2, 0) is 0 Å². The van der Waals surface area contributed by atoms with Crippen molar-refractivity contribution in [2.24, 2.45) is 23.5 Å². The van der Waals surface area contributed by atoms with Crippen molar-refractivity contribution >= 4 is 0 Å². The van der Waals surface area contributed by atoms with Crippen LogP contribution in [0.15, 0.2) is 0 Å². The molecule has 1 nitrogen and oxygen atoms in total. The van der Waals surface area contributed by atoms with Gasteiger partial charge in [-0.15, -0.1) is 0 Å². The molecule has 1 fully saturated rings. The van der Waals surface area contributed by atoms with Crippen molar-refractivity contribution in [2.75, 3.05) is 0 Å². The zero-order valence-electron chi connectivity index (χ0n) is 5.89. The van der Waals surface area contributed by atoms with E-state index in [1.54, 1.807) is 0 Å². The van der Waals surface area contributed by atoms with Gasteiger partial charge in [-0.05, 0) is 24.7 Å². The molecule has 3 atom stereocenters. The van der Waals surface area contributed by atoms with Gasteiger partial charge in [-0.3, -0.25) is 0 Å². The first-order valence-electron chi connectivity index (χ1n) is 3.40. The first kappa shape index (κ1) is 6.09. The summed E-state index contributed by atoms with van der Waals surface area (Å²) < 4.78 is 0. The van der Waals surface area contributed by atoms with Crippen molar-refractivity contribution in [3.8, 4) is 0 Å². The summed E-state index contributed by atoms with van der Waals surface area (Å²) in [6, 6.07) is 0.417. The molecule has 1 aliphatic rings. The van der Waals surface area contributed by atoms with E-state index < -0.39 is 0 Å². The Morgan fingerprint density at radius 1 is 1.25 bits per heavy atom. The fourth-order valence-corrected chi connectivity index (χ4v) is 1.66. The van der Waals surface area contributed by atoms with Crippen LogP contribution < -0.4 is 5.73 Å². The molecule has 1 aliphatic carbocycles. The van der Waals surface area contributed by atoms with Crippen LogP contribution in [-0.4, -0.2) is 6.04 Å². The quantitative estimate of drug-likeness (QED) is 0.544. The summed E-state index contributed by atoms with van der Waals surface area (Å²) in [5.74, 6) is 2.58. The van der Waals surface area contributed by atoms with Crippen molar-refractivity contribution in [3.05, 3.63) is 0 Å². The maximum atomic E-state index is 5.68. The highest BCUT2D eigenvalue weighted by Gasteiger charge is 2.44. The summed E-state index contributed by atoms with van der Waals surface area (Å²) in [5.41, 5.74) is 5.68. The first-order valence-corrected chi connectivity index (χ1v) is 3.40. The summed E-state index contributed by atoms with van der Waals surface area (Å²) in [5, 5.41) is 0. The zero-order valence-corrected chi connectivity index (χ0v) is 5.89. The third-order valence-electron chi connectivity index (χ3n) is 2.51. The molecular formula is C7H15N. The Hall–Kier alpha value is -0.0400. The average Bonchev–Trinajstić information content (AvgIpc) is 2.15. The SMILES string of the molecule is CC(N)C1C(C)C1C. The Bertz CT molecular complexity index is 73.6. The van der Waals surface area contributed by atoms with Gasteiger partial charge < -0.3 is 5.73 Å². The summed E-state index contributed by atoms with van der Waals surface area (Å²) in [4.78, 5) is 0. The maximum Gasteiger partial charge on any atom is 0.00440 e. The van der Waals surface area contributed by atoms with Crippen molar-refractivity contribution in [1.82, 2.24) is 0 Å². The number of rotatable bonds is 1. The van der Waals surface area contributed by atoms with Crippen molar-refractivity contribution in [2.45, 2.75) is 26.8 Å². The molecule has 0 aliphatic heterocycles. The van der Waals surface area contributed by atoms with Gasteiger partial charge in [0.05, 0.1) is 0 Å². The van der Waals surface area contributed by atoms with Crippen LogP contribution in [0.2, 0.25) is 0 Å². The van der Waals surface area contributed by atoms with Gasteiger partial charge in [0.25, 0.3) is 0 Å². The second kappa shape index (κ2) is 1.73. The minimum Gasteiger partial charge on any atom is -0.328 e. The van der Waals surface area contributed by atoms with Gasteiger partial charge in [-0.1, -0.05) is 13.8 Å². The number of nitrogens with two attached hydrogens (primary N) is 1. The van der Waals surface area contributed by atoms with Crippen molar-refractivity contribution in [1.29, 1.82) is 0 Å². The summed E-state index contributed by atoms with van der Waals surface area (Å²) in [6.45, 7) is 6.65. The van der Waals surface area contributed by atoms with Gasteiger partial charge in [-0.25, -0.2) is 0 Å². The molecule has 0 aromatic carbocycles. The molecule has 0 amide bonds. The topological polar surface area (TPSA) is 26.0 Å². The molecule has 3 unspecified atom stereocenters. The van der Waals surface area contributed by atoms with Gasteiger partial charge >= 0.3 is 0 Å². The van der Waals surface area contributed by atoms with E-state index in [9.17, 15) is 0 Å². The third-order valence-corrected chi connectivity index (χ3v) is 2.51. The Kier molecular flexibility index (Phi) is 1.31. The standard InChI is InChI=1S/C7H15N/c1-4-5(2)7(4)6(3)8/h4-7H,8H2,1-3H3. The lowest BCUT2D eigenvalue weighted by Crippen LogP contribution is -2.18. The predicted molar refractivity (Wildman–Crippen MR) is 35.5 cm³/mol. The average molecular weight is 113 g/mol. The van der Waals surface area contributed by atoms with Crippen LogP contribution in [0, 0.1) is 17.8 Å². The Morgan fingerprint density at radius 2 is 1.62 bits per heavy atom. The van der Waals surface area contributed by atoms with E-state index in [-0.39, 0.29) is 0 Å². The highest BCUT2D eigenvalue weighted by Crippen LogP contribution is 2.46. The number of hydrogen-bond acceptors (Lipinski definition) is 1. The minimum absolute atomic E-state index is 0.417. The molecule has 0 heterocycles. The molecule has 1 rings (SSSR count). The second-order valence-corrected chi connectivity index (χ2v) is 3.15. The lowest BCUT2D eigenvalue weighted by molar-refractivity contribution is 0.591. The highest BCUT2D eigenvalue weighted by molar-refractivity contribution is 4.95. The van der Waals surface area contributed by atoms with Crippen molar-refractivity contribution < 1.29 is 0 Å². The molecule has 1 saturated carbocycles. The number of hydrogen-bond donors (Lipinski definition) is 1. The predicted octanol–water partition coefficient (Wildman–Crippen LogP) is 1.24. The molecular weight excluding hydrogens is 98.1 g/mol. The first-order chi connectivity index (χ1) is 3.64. The largest absolute Gasteiger partial charge is 0.328 e. The molecule has 0 aromatic rings. The fourth-order valence-electron chi connectivity index (χ4n) is 1.66. The normalized spacial score (nSPS) is 48.8. The fraction of sp³-hybridized carbons (Fsp3) is 1.00. The lowest BCUT2D eigenvalue weighted by Gasteiger charge is -1.99. The van der Waals surface area contributed by atoms with Crippen LogP contribution in [0.4, 0.5) is 0 Å². The molecule has 0 aromatic heterocycles. The minimum atomic E-state index is 0.417. The van der Waals surface area contributed by atoms with E-state index in [2.05, 4.69) is 20.8 Å². The Balaban J connectivity index is 2.33. The van der Waals surface area contributed by atoms with E-state index in [0.29, 0.717) is 6.04 Å². The molecule has 2 N–H and O–H groups in total. The maximum absolute atomic E-state index is 5.68. The van der Waals surface area contributed by atoms with Crippen LogP contribution in [0.3, 0.4) is 0 Å². The third kappa shape index (κ3) is 0.752. The molecule has 0 spiro atoms. The van der Waals surface area contributed by atoms with E-state index in [1.807, 2.05) is 0 Å². The van der Waals surface area contributed by atoms with Gasteiger partial charge in [0.15, 0.2) is 0 Å². The van der Waals surface area contributed by atoms with Crippen LogP contribution >= 0.6 is 0 Å². The summed E-state index contributed by atoms with van der Waals surface area (Å²) >= 11 is 0. The molecule has 0 bridgehead atoms. The highest BCUT2D eigenvalue weighted by atomic mass is 14.7. The van der Waals surface area contributed by atoms with E-state index >= 15 is 0 Å². The van der Waals surface area contributed by atoms with Crippen LogP contribution in [0.1, 0.15) is 20.8 Å². The van der Waals surface area contributed by atoms with Gasteiger partial charge in [0.1, 0.15) is 0 Å². The molecule has 0 radical (unpaired) electrons. The van der Waals surface area contributed by atoms with Gasteiger partial charge in [0.2, 0.25) is 0 Å². The molecule has 1 heteroatoms. The van der Waals surface area contributed by atoms with Crippen molar-refractivity contribution in [3.63, 3.8) is 0 Å². The van der Waals surface area contributed by atoms with E-state index in [1.165, 1.54) is 0 Å². The summed E-state index contributed by atoms with van der Waals surface area (Å²) in [7, 11) is 0. The lowest BCUT2D eigenvalue weighted by atomic mass is 10.2. The van der Waals surface area contributed by atoms with E-state index in [4.69, 9.17) is 5.73 Å². The molecule has 48 valence electrons. The molecule has 0 saturated heterocycles. The monoisotopic (exact) mass is 113 g/mol. The van der Waals surface area contributed by atoms with Crippen LogP contribution in [0.25, 0.3) is 0 Å².